The molecule has 0 bridgehead atoms. The van der Waals surface area contributed by atoms with E-state index in [1.807, 2.05) is 24.3 Å². The number of amides is 1. The minimum atomic E-state index is -0.376. The molecule has 0 radical (unpaired) electrons. The molecular formula is C18H20ClN3O2. The first-order valence-corrected chi connectivity index (χ1v) is 8.44. The third-order valence-electron chi connectivity index (χ3n) is 4.27. The summed E-state index contributed by atoms with van der Waals surface area (Å²) in [5.74, 6) is -0.491. The molecule has 5 nitrogen and oxygen atoms in total. The zero-order valence-corrected chi connectivity index (χ0v) is 14.0. The van der Waals surface area contributed by atoms with Crippen LogP contribution in [-0.2, 0) is 0 Å². The summed E-state index contributed by atoms with van der Waals surface area (Å²) in [6.07, 6.45) is 3.81. The molecule has 1 saturated heterocycles. The molecular weight excluding hydrogens is 326 g/mol. The van der Waals surface area contributed by atoms with Gasteiger partial charge in [-0.15, -0.1) is 0 Å². The third-order valence-corrected chi connectivity index (χ3v) is 4.51. The van der Waals surface area contributed by atoms with Gasteiger partial charge < -0.3 is 10.4 Å². The lowest BCUT2D eigenvalue weighted by atomic mass is 10.1. The summed E-state index contributed by atoms with van der Waals surface area (Å²) in [6, 6.07) is 10.8. The zero-order valence-electron chi connectivity index (χ0n) is 13.3. The van der Waals surface area contributed by atoms with Crippen LogP contribution in [0.1, 0.15) is 34.9 Å². The predicted octanol–water partition coefficient (Wildman–Crippen LogP) is 3.01. The van der Waals surface area contributed by atoms with E-state index in [2.05, 4.69) is 15.2 Å². The summed E-state index contributed by atoms with van der Waals surface area (Å²) in [6.45, 7) is 2.44. The topological polar surface area (TPSA) is 65.5 Å². The number of benzene rings is 1. The highest BCUT2D eigenvalue weighted by Gasteiger charge is 2.24. The van der Waals surface area contributed by atoms with Gasteiger partial charge in [-0.3, -0.25) is 9.69 Å². The summed E-state index contributed by atoms with van der Waals surface area (Å²) < 4.78 is 0. The molecule has 6 heteroatoms. The van der Waals surface area contributed by atoms with Gasteiger partial charge in [0.05, 0.1) is 6.04 Å². The van der Waals surface area contributed by atoms with Gasteiger partial charge in [-0.1, -0.05) is 23.7 Å². The van der Waals surface area contributed by atoms with Crippen molar-refractivity contribution in [3.05, 3.63) is 58.9 Å². The van der Waals surface area contributed by atoms with E-state index in [-0.39, 0.29) is 23.4 Å². The molecule has 0 aliphatic carbocycles. The average molecular weight is 346 g/mol. The molecule has 1 atom stereocenters. The SMILES string of the molecule is O=C(NCC(c1cccc(Cl)c1)N1CCCC1)c1ncccc1O. The fraction of sp³-hybridized carbons (Fsp3) is 0.333. The quantitative estimate of drug-likeness (QED) is 0.874. The minimum absolute atomic E-state index is 0.0452. The second-order valence-corrected chi connectivity index (χ2v) is 6.33. The maximum absolute atomic E-state index is 12.3. The van der Waals surface area contributed by atoms with Crippen molar-refractivity contribution in [2.45, 2.75) is 18.9 Å². The van der Waals surface area contributed by atoms with Crippen LogP contribution in [0.2, 0.25) is 5.02 Å². The smallest absolute Gasteiger partial charge is 0.273 e. The lowest BCUT2D eigenvalue weighted by Gasteiger charge is -2.28. The standard InChI is InChI=1S/C18H20ClN3O2/c19-14-6-3-5-13(11-14)15(22-9-1-2-10-22)12-21-18(24)17-16(23)7-4-8-20-17/h3-8,11,15,23H,1-2,9-10,12H2,(H,21,24). The highest BCUT2D eigenvalue weighted by atomic mass is 35.5. The summed E-state index contributed by atoms with van der Waals surface area (Å²) in [5.41, 5.74) is 1.12. The number of pyridine rings is 1. The summed E-state index contributed by atoms with van der Waals surface area (Å²) in [7, 11) is 0. The Balaban J connectivity index is 1.75. The van der Waals surface area contributed by atoms with Crippen molar-refractivity contribution in [1.29, 1.82) is 0 Å². The number of halogens is 1. The van der Waals surface area contributed by atoms with Crippen LogP contribution in [-0.4, -0.2) is 40.5 Å². The van der Waals surface area contributed by atoms with E-state index in [1.54, 1.807) is 6.07 Å². The monoisotopic (exact) mass is 345 g/mol. The first kappa shape index (κ1) is 16.7. The molecule has 126 valence electrons. The van der Waals surface area contributed by atoms with Crippen LogP contribution in [0.15, 0.2) is 42.6 Å². The molecule has 1 fully saturated rings. The van der Waals surface area contributed by atoms with Crippen molar-refractivity contribution in [1.82, 2.24) is 15.2 Å². The summed E-state index contributed by atoms with van der Waals surface area (Å²) in [4.78, 5) is 18.6. The number of aromatic hydroxyl groups is 1. The fourth-order valence-corrected chi connectivity index (χ4v) is 3.27. The molecule has 0 saturated carbocycles. The van der Waals surface area contributed by atoms with E-state index < -0.39 is 0 Å². The summed E-state index contributed by atoms with van der Waals surface area (Å²) >= 11 is 6.13. The Bertz CT molecular complexity index is 717. The van der Waals surface area contributed by atoms with Gasteiger partial charge in [0.25, 0.3) is 5.91 Å². The van der Waals surface area contributed by atoms with Gasteiger partial charge >= 0.3 is 0 Å². The molecule has 1 amide bonds. The Morgan fingerprint density at radius 3 is 2.79 bits per heavy atom. The Hall–Kier alpha value is -2.11. The Morgan fingerprint density at radius 2 is 2.08 bits per heavy atom. The molecule has 1 aliphatic heterocycles. The van der Waals surface area contributed by atoms with Crippen LogP contribution < -0.4 is 5.32 Å². The third kappa shape index (κ3) is 3.86. The van der Waals surface area contributed by atoms with Crippen LogP contribution in [0.25, 0.3) is 0 Å². The predicted molar refractivity (Wildman–Crippen MR) is 93.2 cm³/mol. The zero-order chi connectivity index (χ0) is 16.9. The lowest BCUT2D eigenvalue weighted by Crippen LogP contribution is -2.37. The van der Waals surface area contributed by atoms with Crippen molar-refractivity contribution >= 4 is 17.5 Å². The van der Waals surface area contributed by atoms with Gasteiger partial charge in [0, 0.05) is 17.8 Å². The molecule has 1 aromatic carbocycles. The molecule has 1 aliphatic rings. The second-order valence-electron chi connectivity index (χ2n) is 5.90. The number of carbonyl (C=O) groups is 1. The Labute approximate surface area is 146 Å². The minimum Gasteiger partial charge on any atom is -0.505 e. The van der Waals surface area contributed by atoms with Crippen LogP contribution in [0.5, 0.6) is 5.75 Å². The average Bonchev–Trinajstić information content (AvgIpc) is 3.10. The van der Waals surface area contributed by atoms with E-state index in [4.69, 9.17) is 11.6 Å². The first-order valence-electron chi connectivity index (χ1n) is 8.07. The number of likely N-dealkylation sites (tertiary alicyclic amines) is 1. The van der Waals surface area contributed by atoms with Crippen LogP contribution >= 0.6 is 11.6 Å². The first-order chi connectivity index (χ1) is 11.6. The van der Waals surface area contributed by atoms with E-state index in [0.29, 0.717) is 11.6 Å². The molecule has 0 spiro atoms. The number of hydrogen-bond donors (Lipinski definition) is 2. The van der Waals surface area contributed by atoms with E-state index in [9.17, 15) is 9.90 Å². The van der Waals surface area contributed by atoms with Crippen LogP contribution in [0, 0.1) is 0 Å². The van der Waals surface area contributed by atoms with Crippen LogP contribution in [0.3, 0.4) is 0 Å². The van der Waals surface area contributed by atoms with Crippen molar-refractivity contribution in [3.63, 3.8) is 0 Å². The van der Waals surface area contributed by atoms with Crippen molar-refractivity contribution < 1.29 is 9.90 Å². The molecule has 2 aromatic rings. The molecule has 1 unspecified atom stereocenters. The van der Waals surface area contributed by atoms with Crippen molar-refractivity contribution in [2.75, 3.05) is 19.6 Å². The number of nitrogens with zero attached hydrogens (tertiary/aromatic N) is 2. The van der Waals surface area contributed by atoms with Gasteiger partial charge in [-0.2, -0.15) is 0 Å². The van der Waals surface area contributed by atoms with Gasteiger partial charge in [-0.05, 0) is 55.8 Å². The molecule has 2 heterocycles. The van der Waals surface area contributed by atoms with Gasteiger partial charge in [-0.25, -0.2) is 4.98 Å². The number of aromatic nitrogens is 1. The molecule has 3 rings (SSSR count). The van der Waals surface area contributed by atoms with Gasteiger partial charge in [0.2, 0.25) is 0 Å². The van der Waals surface area contributed by atoms with E-state index in [0.717, 1.165) is 31.5 Å². The number of rotatable bonds is 5. The van der Waals surface area contributed by atoms with E-state index in [1.165, 1.54) is 12.3 Å². The van der Waals surface area contributed by atoms with Crippen molar-refractivity contribution in [2.24, 2.45) is 0 Å². The number of nitrogens with one attached hydrogen (secondary N) is 1. The number of hydrogen-bond acceptors (Lipinski definition) is 4. The molecule has 2 N–H and O–H groups in total. The fourth-order valence-electron chi connectivity index (χ4n) is 3.07. The van der Waals surface area contributed by atoms with Crippen LogP contribution in [0.4, 0.5) is 0 Å². The number of carbonyl (C=O) groups excluding carboxylic acids is 1. The second kappa shape index (κ2) is 7.64. The Kier molecular flexibility index (Phi) is 5.33. The molecule has 24 heavy (non-hydrogen) atoms. The van der Waals surface area contributed by atoms with Gasteiger partial charge in [0.1, 0.15) is 5.75 Å². The normalized spacial score (nSPS) is 16.0. The lowest BCUT2D eigenvalue weighted by molar-refractivity contribution is 0.0930. The maximum atomic E-state index is 12.3. The maximum Gasteiger partial charge on any atom is 0.273 e. The largest absolute Gasteiger partial charge is 0.505 e. The van der Waals surface area contributed by atoms with Crippen molar-refractivity contribution in [3.8, 4) is 5.75 Å². The van der Waals surface area contributed by atoms with E-state index >= 15 is 0 Å². The Morgan fingerprint density at radius 1 is 1.29 bits per heavy atom. The molecule has 1 aromatic heterocycles. The highest BCUT2D eigenvalue weighted by Crippen LogP contribution is 2.26. The highest BCUT2D eigenvalue weighted by molar-refractivity contribution is 6.30. The van der Waals surface area contributed by atoms with Gasteiger partial charge in [0.15, 0.2) is 5.69 Å². The summed E-state index contributed by atoms with van der Waals surface area (Å²) in [5, 5.41) is 13.3.